The number of nitrogens with zero attached hydrogens (tertiary/aromatic N) is 1. The molecule has 0 saturated carbocycles. The van der Waals surface area contributed by atoms with E-state index in [2.05, 4.69) is 10.2 Å². The van der Waals surface area contributed by atoms with Crippen molar-refractivity contribution in [3.63, 3.8) is 0 Å². The first-order valence-electron chi connectivity index (χ1n) is 7.17. The lowest BCUT2D eigenvalue weighted by atomic mass is 10.0. The van der Waals surface area contributed by atoms with Gasteiger partial charge in [0.2, 0.25) is 0 Å². The quantitative estimate of drug-likeness (QED) is 0.678. The molecule has 0 bridgehead atoms. The average Bonchev–Trinajstić information content (AvgIpc) is 3.04. The van der Waals surface area contributed by atoms with E-state index in [1.54, 1.807) is 36.4 Å². The molecule has 0 saturated heterocycles. The van der Waals surface area contributed by atoms with Crippen LogP contribution < -0.4 is 4.74 Å². The Bertz CT molecular complexity index is 876. The number of hydrogen-bond donors (Lipinski definition) is 2. The summed E-state index contributed by atoms with van der Waals surface area (Å²) < 4.78 is 43.8. The fourth-order valence-corrected chi connectivity index (χ4v) is 2.43. The fraction of sp³-hybridized carbons (Fsp3) is 0.118. The number of ether oxygens (including phenoxy) is 1. The van der Waals surface area contributed by atoms with Gasteiger partial charge in [0, 0.05) is 16.1 Å². The van der Waals surface area contributed by atoms with E-state index in [9.17, 15) is 18.3 Å². The Labute approximate surface area is 145 Å². The number of halogens is 4. The summed E-state index contributed by atoms with van der Waals surface area (Å²) in [7, 11) is 0. The number of phenols is 1. The molecular weight excluding hydrogens is 357 g/mol. The molecule has 4 nitrogen and oxygen atoms in total. The second kappa shape index (κ2) is 6.68. The molecular formula is C17H12ClF3N2O2. The number of phenolic OH excluding ortho intramolecular Hbond substituents is 1. The molecule has 0 unspecified atom stereocenters. The summed E-state index contributed by atoms with van der Waals surface area (Å²) in [4.78, 5) is 0. The molecule has 0 fully saturated rings. The van der Waals surface area contributed by atoms with Crippen LogP contribution in [0.3, 0.4) is 0 Å². The van der Waals surface area contributed by atoms with Gasteiger partial charge in [-0.3, -0.25) is 5.10 Å². The average molecular weight is 369 g/mol. The maximum Gasteiger partial charge on any atom is 0.435 e. The van der Waals surface area contributed by atoms with Gasteiger partial charge >= 0.3 is 6.18 Å². The topological polar surface area (TPSA) is 58.1 Å². The van der Waals surface area contributed by atoms with E-state index >= 15 is 0 Å². The van der Waals surface area contributed by atoms with Crippen LogP contribution in [0.2, 0.25) is 5.02 Å². The van der Waals surface area contributed by atoms with Crippen molar-refractivity contribution in [3.05, 3.63) is 64.8 Å². The van der Waals surface area contributed by atoms with Crippen molar-refractivity contribution in [3.8, 4) is 22.8 Å². The van der Waals surface area contributed by atoms with Crippen LogP contribution in [0.15, 0.2) is 48.5 Å². The van der Waals surface area contributed by atoms with E-state index in [-0.39, 0.29) is 23.6 Å². The largest absolute Gasteiger partial charge is 0.507 e. The van der Waals surface area contributed by atoms with Crippen LogP contribution in [0.5, 0.6) is 11.5 Å². The maximum absolute atomic E-state index is 12.7. The molecule has 25 heavy (non-hydrogen) atoms. The molecule has 0 amide bonds. The maximum atomic E-state index is 12.7. The Kier molecular flexibility index (Phi) is 4.59. The molecule has 1 aromatic heterocycles. The zero-order valence-electron chi connectivity index (χ0n) is 12.6. The highest BCUT2D eigenvalue weighted by Crippen LogP contribution is 2.35. The normalized spacial score (nSPS) is 11.5. The van der Waals surface area contributed by atoms with Gasteiger partial charge in [0.1, 0.15) is 18.1 Å². The summed E-state index contributed by atoms with van der Waals surface area (Å²) in [6, 6.07) is 12.1. The van der Waals surface area contributed by atoms with Crippen LogP contribution in [-0.2, 0) is 12.8 Å². The van der Waals surface area contributed by atoms with Crippen LogP contribution in [0.4, 0.5) is 13.2 Å². The molecule has 0 aliphatic rings. The van der Waals surface area contributed by atoms with E-state index < -0.39 is 11.9 Å². The molecule has 1 heterocycles. The molecule has 0 radical (unpaired) electrons. The van der Waals surface area contributed by atoms with Crippen molar-refractivity contribution in [1.29, 1.82) is 0 Å². The van der Waals surface area contributed by atoms with Crippen LogP contribution in [-0.4, -0.2) is 15.3 Å². The van der Waals surface area contributed by atoms with Crippen LogP contribution >= 0.6 is 11.6 Å². The molecule has 0 atom stereocenters. The number of rotatable bonds is 4. The zero-order valence-corrected chi connectivity index (χ0v) is 13.4. The summed E-state index contributed by atoms with van der Waals surface area (Å²) in [6.07, 6.45) is -4.57. The lowest BCUT2D eigenvalue weighted by Crippen LogP contribution is -2.04. The number of aromatic amines is 1. The van der Waals surface area contributed by atoms with Crippen molar-refractivity contribution >= 4 is 11.6 Å². The van der Waals surface area contributed by atoms with E-state index in [1.807, 2.05) is 0 Å². The minimum Gasteiger partial charge on any atom is -0.507 e. The Balaban J connectivity index is 1.89. The van der Waals surface area contributed by atoms with Crippen molar-refractivity contribution in [2.75, 3.05) is 0 Å². The summed E-state index contributed by atoms with van der Waals surface area (Å²) in [5.74, 6) is 0.369. The lowest BCUT2D eigenvalue weighted by molar-refractivity contribution is -0.141. The van der Waals surface area contributed by atoms with Crippen molar-refractivity contribution in [2.45, 2.75) is 12.8 Å². The van der Waals surface area contributed by atoms with Gasteiger partial charge in [-0.25, -0.2) is 0 Å². The van der Waals surface area contributed by atoms with E-state index in [0.29, 0.717) is 16.3 Å². The monoisotopic (exact) mass is 368 g/mol. The van der Waals surface area contributed by atoms with Gasteiger partial charge in [0.15, 0.2) is 5.69 Å². The van der Waals surface area contributed by atoms with Crippen LogP contribution in [0, 0.1) is 0 Å². The third-order valence-electron chi connectivity index (χ3n) is 3.47. The summed E-state index contributed by atoms with van der Waals surface area (Å²) >= 11 is 5.80. The van der Waals surface area contributed by atoms with E-state index in [1.165, 1.54) is 6.07 Å². The SMILES string of the molecule is Oc1cccc(COc2ccc(Cl)cc2)c1-c1cc(C(F)(F)F)n[nH]1. The smallest absolute Gasteiger partial charge is 0.435 e. The first kappa shape index (κ1) is 17.2. The molecule has 8 heteroatoms. The Hall–Kier alpha value is -2.67. The predicted molar refractivity (Wildman–Crippen MR) is 86.5 cm³/mol. The molecule has 3 aromatic rings. The first-order chi connectivity index (χ1) is 11.8. The molecule has 130 valence electrons. The van der Waals surface area contributed by atoms with Crippen LogP contribution in [0.1, 0.15) is 11.3 Å². The number of alkyl halides is 3. The van der Waals surface area contributed by atoms with Crippen molar-refractivity contribution < 1.29 is 23.0 Å². The number of nitrogens with one attached hydrogen (secondary N) is 1. The second-order valence-electron chi connectivity index (χ2n) is 5.22. The third kappa shape index (κ3) is 3.88. The van der Waals surface area contributed by atoms with Gasteiger partial charge in [0.05, 0.1) is 5.69 Å². The standard InChI is InChI=1S/C17H12ClF3N2O2/c18-11-4-6-12(7-5-11)25-9-10-2-1-3-14(24)16(10)13-8-15(23-22-13)17(19,20)21/h1-8,24H,9H2,(H,22,23). The summed E-state index contributed by atoms with van der Waals surface area (Å²) in [5.41, 5.74) is -0.290. The highest BCUT2D eigenvalue weighted by atomic mass is 35.5. The van der Waals surface area contributed by atoms with Gasteiger partial charge in [0.25, 0.3) is 0 Å². The van der Waals surface area contributed by atoms with Gasteiger partial charge in [-0.1, -0.05) is 23.7 Å². The highest BCUT2D eigenvalue weighted by molar-refractivity contribution is 6.30. The zero-order chi connectivity index (χ0) is 18.0. The first-order valence-corrected chi connectivity index (χ1v) is 7.54. The summed E-state index contributed by atoms with van der Waals surface area (Å²) in [6.45, 7) is 0.0474. The minimum atomic E-state index is -4.57. The number of aromatic hydroxyl groups is 1. The summed E-state index contributed by atoms with van der Waals surface area (Å²) in [5, 5.41) is 16.2. The number of H-pyrrole nitrogens is 1. The minimum absolute atomic E-state index is 0.0474. The Morgan fingerprint density at radius 2 is 1.84 bits per heavy atom. The van der Waals surface area contributed by atoms with E-state index in [0.717, 1.165) is 6.07 Å². The Morgan fingerprint density at radius 1 is 1.12 bits per heavy atom. The van der Waals surface area contributed by atoms with Crippen molar-refractivity contribution in [2.24, 2.45) is 0 Å². The second-order valence-corrected chi connectivity index (χ2v) is 5.65. The van der Waals surface area contributed by atoms with Gasteiger partial charge in [-0.05, 0) is 36.4 Å². The lowest BCUT2D eigenvalue weighted by Gasteiger charge is -2.11. The van der Waals surface area contributed by atoms with Crippen molar-refractivity contribution in [1.82, 2.24) is 10.2 Å². The molecule has 2 N–H and O–H groups in total. The molecule has 0 spiro atoms. The van der Waals surface area contributed by atoms with E-state index in [4.69, 9.17) is 16.3 Å². The fourth-order valence-electron chi connectivity index (χ4n) is 2.30. The predicted octanol–water partition coefficient (Wildman–Crippen LogP) is 5.03. The number of benzene rings is 2. The van der Waals surface area contributed by atoms with Gasteiger partial charge < -0.3 is 9.84 Å². The Morgan fingerprint density at radius 3 is 2.48 bits per heavy atom. The highest BCUT2D eigenvalue weighted by Gasteiger charge is 2.34. The third-order valence-corrected chi connectivity index (χ3v) is 3.73. The van der Waals surface area contributed by atoms with Gasteiger partial charge in [-0.2, -0.15) is 18.3 Å². The van der Waals surface area contributed by atoms with Gasteiger partial charge in [-0.15, -0.1) is 0 Å². The molecule has 2 aromatic carbocycles. The number of aromatic nitrogens is 2. The molecule has 3 rings (SSSR count). The number of hydrogen-bond acceptors (Lipinski definition) is 3. The van der Waals surface area contributed by atoms with Crippen LogP contribution in [0.25, 0.3) is 11.3 Å². The molecule has 0 aliphatic carbocycles. The molecule has 0 aliphatic heterocycles.